The first-order chi connectivity index (χ1) is 8.81. The topological polar surface area (TPSA) is 75.7 Å². The Labute approximate surface area is 113 Å². The summed E-state index contributed by atoms with van der Waals surface area (Å²) in [7, 11) is -0.625. The Hall–Kier alpha value is -1.76. The summed E-state index contributed by atoms with van der Waals surface area (Å²) in [6, 6.07) is 5.72. The van der Waals surface area contributed by atoms with E-state index in [1.807, 2.05) is 0 Å². The van der Waals surface area contributed by atoms with Gasteiger partial charge < -0.3 is 10.1 Å². The molecule has 19 heavy (non-hydrogen) atoms. The number of rotatable bonds is 5. The summed E-state index contributed by atoms with van der Waals surface area (Å²) in [5.74, 6) is 0.142. The average molecular weight is 286 g/mol. The minimum absolute atomic E-state index is 0.381. The Morgan fingerprint density at radius 3 is 2.53 bits per heavy atom. The van der Waals surface area contributed by atoms with Crippen molar-refractivity contribution in [3.63, 3.8) is 0 Å². The number of benzene rings is 1. The van der Waals surface area contributed by atoms with Crippen molar-refractivity contribution < 1.29 is 17.9 Å². The van der Waals surface area contributed by atoms with Crippen molar-refractivity contribution >= 4 is 21.6 Å². The molecule has 0 bridgehead atoms. The van der Waals surface area contributed by atoms with Gasteiger partial charge in [0.25, 0.3) is 0 Å². The van der Waals surface area contributed by atoms with Gasteiger partial charge in [-0.05, 0) is 19.1 Å². The van der Waals surface area contributed by atoms with E-state index in [0.717, 1.165) is 10.6 Å². The first kappa shape index (κ1) is 15.3. The second-order valence-corrected chi connectivity index (χ2v) is 5.91. The van der Waals surface area contributed by atoms with E-state index in [-0.39, 0.29) is 5.91 Å². The lowest BCUT2D eigenvalue weighted by Gasteiger charge is -2.27. The number of hydrogen-bond acceptors (Lipinski definition) is 4. The standard InChI is InChI=1S/C12H18N2O4S/c1-9(12(15)13-2)14(19(4,16)17)10-6-5-7-11(8-10)18-3/h5-9H,1-4H3,(H,13,15)/t9-/m0/s1. The Balaban J connectivity index is 3.28. The number of hydrogen-bond donors (Lipinski definition) is 1. The highest BCUT2D eigenvalue weighted by atomic mass is 32.2. The van der Waals surface area contributed by atoms with Crippen LogP contribution >= 0.6 is 0 Å². The van der Waals surface area contributed by atoms with Gasteiger partial charge in [0.1, 0.15) is 11.8 Å². The number of amides is 1. The van der Waals surface area contributed by atoms with Crippen molar-refractivity contribution in [2.75, 3.05) is 24.7 Å². The highest BCUT2D eigenvalue weighted by molar-refractivity contribution is 7.92. The maximum absolute atomic E-state index is 11.9. The Bertz CT molecular complexity index is 557. The zero-order chi connectivity index (χ0) is 14.6. The maximum atomic E-state index is 11.9. The largest absolute Gasteiger partial charge is 0.497 e. The lowest BCUT2D eigenvalue weighted by molar-refractivity contribution is -0.121. The first-order valence-electron chi connectivity index (χ1n) is 5.66. The van der Waals surface area contributed by atoms with Crippen LogP contribution < -0.4 is 14.4 Å². The molecule has 0 heterocycles. The molecule has 7 heteroatoms. The Kier molecular flexibility index (Phi) is 4.77. The van der Waals surface area contributed by atoms with Gasteiger partial charge in [-0.3, -0.25) is 9.10 Å². The summed E-state index contributed by atoms with van der Waals surface area (Å²) in [5, 5.41) is 2.44. The molecule has 0 aliphatic heterocycles. The van der Waals surface area contributed by atoms with Crippen molar-refractivity contribution in [3.05, 3.63) is 24.3 Å². The third-order valence-electron chi connectivity index (χ3n) is 2.64. The number of anilines is 1. The van der Waals surface area contributed by atoms with E-state index < -0.39 is 16.1 Å². The summed E-state index contributed by atoms with van der Waals surface area (Å²) in [6.07, 6.45) is 1.06. The molecule has 0 unspecified atom stereocenters. The molecule has 0 saturated heterocycles. The highest BCUT2D eigenvalue weighted by Crippen LogP contribution is 2.25. The van der Waals surface area contributed by atoms with E-state index in [1.54, 1.807) is 24.3 Å². The molecule has 0 spiro atoms. The van der Waals surface area contributed by atoms with E-state index in [4.69, 9.17) is 4.74 Å². The molecule has 0 aliphatic rings. The van der Waals surface area contributed by atoms with Gasteiger partial charge in [-0.1, -0.05) is 6.07 Å². The average Bonchev–Trinajstić information content (AvgIpc) is 2.36. The number of carbonyl (C=O) groups is 1. The van der Waals surface area contributed by atoms with E-state index in [0.29, 0.717) is 11.4 Å². The van der Waals surface area contributed by atoms with Crippen LogP contribution in [0.25, 0.3) is 0 Å². The molecular formula is C12H18N2O4S. The molecule has 0 aromatic heterocycles. The summed E-state index contributed by atoms with van der Waals surface area (Å²) < 4.78 is 29.9. The van der Waals surface area contributed by atoms with Crippen LogP contribution in [0.4, 0.5) is 5.69 Å². The summed E-state index contributed by atoms with van der Waals surface area (Å²) >= 11 is 0. The van der Waals surface area contributed by atoms with Gasteiger partial charge in [0, 0.05) is 13.1 Å². The Morgan fingerprint density at radius 2 is 2.05 bits per heavy atom. The molecule has 0 fully saturated rings. The van der Waals surface area contributed by atoms with Crippen LogP contribution in [0.5, 0.6) is 5.75 Å². The fraction of sp³-hybridized carbons (Fsp3) is 0.417. The fourth-order valence-electron chi connectivity index (χ4n) is 1.77. The quantitative estimate of drug-likeness (QED) is 0.860. The fourth-order valence-corrected chi connectivity index (χ4v) is 2.93. The molecular weight excluding hydrogens is 268 g/mol. The normalized spacial score (nSPS) is 12.6. The van der Waals surface area contributed by atoms with Gasteiger partial charge in [-0.15, -0.1) is 0 Å². The molecule has 0 aliphatic carbocycles. The van der Waals surface area contributed by atoms with Gasteiger partial charge in [0.15, 0.2) is 0 Å². The number of methoxy groups -OCH3 is 1. The molecule has 106 valence electrons. The number of nitrogens with one attached hydrogen (secondary N) is 1. The molecule has 1 amide bonds. The second-order valence-electron chi connectivity index (χ2n) is 4.05. The third kappa shape index (κ3) is 3.60. The summed E-state index contributed by atoms with van der Waals surface area (Å²) in [4.78, 5) is 11.7. The van der Waals surface area contributed by atoms with Crippen molar-refractivity contribution in [1.29, 1.82) is 0 Å². The number of ether oxygens (including phenoxy) is 1. The molecule has 0 radical (unpaired) electrons. The minimum atomic E-state index is -3.58. The lowest BCUT2D eigenvalue weighted by Crippen LogP contribution is -2.46. The lowest BCUT2D eigenvalue weighted by atomic mass is 10.2. The van der Waals surface area contributed by atoms with E-state index in [1.165, 1.54) is 21.1 Å². The van der Waals surface area contributed by atoms with Crippen LogP contribution in [0.2, 0.25) is 0 Å². The molecule has 6 nitrogen and oxygen atoms in total. The predicted molar refractivity (Wildman–Crippen MR) is 73.8 cm³/mol. The van der Waals surface area contributed by atoms with Crippen LogP contribution in [0.3, 0.4) is 0 Å². The van der Waals surface area contributed by atoms with Crippen LogP contribution in [-0.4, -0.2) is 40.8 Å². The van der Waals surface area contributed by atoms with E-state index in [2.05, 4.69) is 5.32 Å². The molecule has 0 saturated carbocycles. The monoisotopic (exact) mass is 286 g/mol. The van der Waals surface area contributed by atoms with E-state index >= 15 is 0 Å². The van der Waals surface area contributed by atoms with Crippen molar-refractivity contribution in [2.45, 2.75) is 13.0 Å². The smallest absolute Gasteiger partial charge is 0.243 e. The molecule has 1 rings (SSSR count). The first-order valence-corrected chi connectivity index (χ1v) is 7.51. The molecule has 1 atom stereocenters. The summed E-state index contributed by atoms with van der Waals surface area (Å²) in [5.41, 5.74) is 0.387. The maximum Gasteiger partial charge on any atom is 0.243 e. The van der Waals surface area contributed by atoms with Crippen molar-refractivity contribution in [2.24, 2.45) is 0 Å². The van der Waals surface area contributed by atoms with Crippen LogP contribution in [0.15, 0.2) is 24.3 Å². The van der Waals surface area contributed by atoms with Gasteiger partial charge in [0.2, 0.25) is 15.9 Å². The van der Waals surface area contributed by atoms with Crippen LogP contribution in [0.1, 0.15) is 6.92 Å². The Morgan fingerprint density at radius 1 is 1.42 bits per heavy atom. The number of nitrogens with zero attached hydrogens (tertiary/aromatic N) is 1. The predicted octanol–water partition coefficient (Wildman–Crippen LogP) is 0.596. The third-order valence-corrected chi connectivity index (χ3v) is 3.88. The molecule has 1 N–H and O–H groups in total. The van der Waals surface area contributed by atoms with Gasteiger partial charge in [0.05, 0.1) is 19.1 Å². The van der Waals surface area contributed by atoms with Crippen LogP contribution in [-0.2, 0) is 14.8 Å². The summed E-state index contributed by atoms with van der Waals surface area (Å²) in [6.45, 7) is 1.53. The zero-order valence-electron chi connectivity index (χ0n) is 11.4. The zero-order valence-corrected chi connectivity index (χ0v) is 12.2. The van der Waals surface area contributed by atoms with Gasteiger partial charge >= 0.3 is 0 Å². The molecule has 1 aromatic rings. The number of likely N-dealkylation sites (N-methyl/N-ethyl adjacent to an activating group) is 1. The van der Waals surface area contributed by atoms with Gasteiger partial charge in [-0.25, -0.2) is 8.42 Å². The van der Waals surface area contributed by atoms with Gasteiger partial charge in [-0.2, -0.15) is 0 Å². The van der Waals surface area contributed by atoms with Crippen molar-refractivity contribution in [1.82, 2.24) is 5.32 Å². The van der Waals surface area contributed by atoms with Crippen molar-refractivity contribution in [3.8, 4) is 5.75 Å². The number of carbonyl (C=O) groups excluding carboxylic acids is 1. The van der Waals surface area contributed by atoms with Crippen LogP contribution in [0, 0.1) is 0 Å². The highest BCUT2D eigenvalue weighted by Gasteiger charge is 2.28. The van der Waals surface area contributed by atoms with E-state index in [9.17, 15) is 13.2 Å². The SMILES string of the molecule is CNC(=O)[C@H](C)N(c1cccc(OC)c1)S(C)(=O)=O. The second kappa shape index (κ2) is 5.92. The molecule has 1 aromatic carbocycles. The minimum Gasteiger partial charge on any atom is -0.497 e. The number of sulfonamides is 1.